The molecule has 20 heavy (non-hydrogen) atoms. The summed E-state index contributed by atoms with van der Waals surface area (Å²) in [5, 5.41) is 14.5. The second-order valence-electron chi connectivity index (χ2n) is 5.05. The Morgan fingerprint density at radius 2 is 1.40 bits per heavy atom. The Bertz CT molecular complexity index is 228. The van der Waals surface area contributed by atoms with Gasteiger partial charge in [-0.3, -0.25) is 4.79 Å². The molecule has 4 atom stereocenters. The van der Waals surface area contributed by atoms with Gasteiger partial charge in [0.25, 0.3) is 0 Å². The molecule has 0 aromatic rings. The largest absolute Gasteiger partial charge is 2.00 e. The van der Waals surface area contributed by atoms with E-state index in [4.69, 9.17) is 22.3 Å². The van der Waals surface area contributed by atoms with E-state index in [1.54, 1.807) is 0 Å². The Balaban J connectivity index is -0.000000352. The molecule has 0 aliphatic rings. The van der Waals surface area contributed by atoms with E-state index in [9.17, 15) is 4.79 Å². The molecule has 0 aromatic heterocycles. The van der Waals surface area contributed by atoms with Crippen LogP contribution in [0.1, 0.15) is 27.7 Å². The Morgan fingerprint density at radius 1 is 1.00 bits per heavy atom. The maximum absolute atomic E-state index is 9.57. The number of aliphatic carboxylic acids is 1. The SMILES string of the molecule is CC(N)C(=O)O.CC(N)CNCC(C)NCC(C)N.[Co+2]. The van der Waals surface area contributed by atoms with Crippen molar-refractivity contribution in [2.75, 3.05) is 19.6 Å². The van der Waals surface area contributed by atoms with E-state index in [1.807, 2.05) is 13.8 Å². The summed E-state index contributed by atoms with van der Waals surface area (Å²) in [6.07, 6.45) is 0. The van der Waals surface area contributed by atoms with Crippen molar-refractivity contribution in [2.45, 2.75) is 51.9 Å². The number of carbonyl (C=O) groups is 1. The molecule has 0 rings (SSSR count). The van der Waals surface area contributed by atoms with Gasteiger partial charge in [-0.05, 0) is 27.7 Å². The van der Waals surface area contributed by atoms with Crippen LogP contribution in [0.4, 0.5) is 0 Å². The van der Waals surface area contributed by atoms with E-state index in [-0.39, 0.29) is 28.9 Å². The Hall–Kier alpha value is -0.224. The minimum Gasteiger partial charge on any atom is -0.480 e. The first-order chi connectivity index (χ1) is 8.66. The maximum Gasteiger partial charge on any atom is 2.00 e. The van der Waals surface area contributed by atoms with E-state index < -0.39 is 12.0 Å². The molecule has 0 aliphatic heterocycles. The molecule has 0 spiro atoms. The minimum absolute atomic E-state index is 0. The molecular weight excluding hydrogens is 305 g/mol. The third-order valence-electron chi connectivity index (χ3n) is 2.09. The first-order valence-electron chi connectivity index (χ1n) is 6.60. The van der Waals surface area contributed by atoms with E-state index in [0.29, 0.717) is 6.04 Å². The van der Waals surface area contributed by atoms with Crippen molar-refractivity contribution in [2.24, 2.45) is 17.2 Å². The van der Waals surface area contributed by atoms with Crippen molar-refractivity contribution < 1.29 is 26.7 Å². The average Bonchev–Trinajstić information content (AvgIpc) is 2.26. The van der Waals surface area contributed by atoms with E-state index in [1.165, 1.54) is 6.92 Å². The summed E-state index contributed by atoms with van der Waals surface area (Å²) in [5.41, 5.74) is 16.0. The predicted octanol–water partition coefficient (Wildman–Crippen LogP) is -1.34. The zero-order valence-electron chi connectivity index (χ0n) is 12.9. The van der Waals surface area contributed by atoms with Gasteiger partial charge in [-0.15, -0.1) is 0 Å². The number of nitrogens with two attached hydrogens (primary N) is 3. The van der Waals surface area contributed by atoms with Crippen LogP contribution in [0.5, 0.6) is 0 Å². The quantitative estimate of drug-likeness (QED) is 0.322. The minimum atomic E-state index is -0.963. The third kappa shape index (κ3) is 22.9. The smallest absolute Gasteiger partial charge is 0.480 e. The summed E-state index contributed by atoms with van der Waals surface area (Å²) in [6.45, 7) is 10.2. The van der Waals surface area contributed by atoms with Gasteiger partial charge in [-0.25, -0.2) is 0 Å². The second-order valence-corrected chi connectivity index (χ2v) is 5.05. The summed E-state index contributed by atoms with van der Waals surface area (Å²) in [5.74, 6) is -0.963. The normalized spacial score (nSPS) is 15.9. The molecule has 0 saturated heterocycles. The molecule has 0 heterocycles. The Kier molecular flexibility index (Phi) is 18.8. The molecule has 123 valence electrons. The van der Waals surface area contributed by atoms with Crippen LogP contribution < -0.4 is 27.8 Å². The van der Waals surface area contributed by atoms with Gasteiger partial charge in [-0.1, -0.05) is 0 Å². The Labute approximate surface area is 132 Å². The third-order valence-corrected chi connectivity index (χ3v) is 2.09. The number of rotatable bonds is 8. The van der Waals surface area contributed by atoms with Crippen LogP contribution in [0.15, 0.2) is 0 Å². The van der Waals surface area contributed by atoms with Gasteiger partial charge in [0.2, 0.25) is 0 Å². The first kappa shape index (κ1) is 24.8. The van der Waals surface area contributed by atoms with Gasteiger partial charge >= 0.3 is 22.7 Å². The molecule has 0 amide bonds. The zero-order valence-corrected chi connectivity index (χ0v) is 13.9. The monoisotopic (exact) mass is 336 g/mol. The fourth-order valence-electron chi connectivity index (χ4n) is 0.987. The van der Waals surface area contributed by atoms with Crippen molar-refractivity contribution in [3.63, 3.8) is 0 Å². The van der Waals surface area contributed by atoms with Gasteiger partial charge in [-0.2, -0.15) is 0 Å². The summed E-state index contributed by atoms with van der Waals surface area (Å²) >= 11 is 0. The molecular formula is C12H31CoN5O2+2. The standard InChI is InChI=1S/C9H24N4.C3H7NO2.Co/c1-7(10)4-12-6-9(3)13-5-8(2)11;1-2(4)3(5)6;/h7-9,12-13H,4-6,10-11H2,1-3H3;2H,4H2,1H3,(H,5,6);/q;;+2. The number of carboxylic acids is 1. The molecule has 0 saturated carbocycles. The van der Waals surface area contributed by atoms with E-state index in [2.05, 4.69) is 17.6 Å². The number of nitrogens with one attached hydrogen (secondary N) is 2. The van der Waals surface area contributed by atoms with Crippen LogP contribution in [0.2, 0.25) is 0 Å². The number of hydrogen-bond acceptors (Lipinski definition) is 6. The van der Waals surface area contributed by atoms with Crippen molar-refractivity contribution in [1.82, 2.24) is 10.6 Å². The molecule has 0 aliphatic carbocycles. The maximum atomic E-state index is 9.57. The van der Waals surface area contributed by atoms with Gasteiger partial charge < -0.3 is 32.9 Å². The van der Waals surface area contributed by atoms with Crippen LogP contribution in [-0.2, 0) is 21.6 Å². The molecule has 8 heteroatoms. The zero-order chi connectivity index (χ0) is 15.4. The fraction of sp³-hybridized carbons (Fsp3) is 0.917. The molecule has 4 unspecified atom stereocenters. The predicted molar refractivity (Wildman–Crippen MR) is 78.9 cm³/mol. The molecule has 0 fully saturated rings. The van der Waals surface area contributed by atoms with E-state index in [0.717, 1.165) is 19.6 Å². The second kappa shape index (κ2) is 15.2. The van der Waals surface area contributed by atoms with Crippen LogP contribution in [0.3, 0.4) is 0 Å². The molecule has 9 N–H and O–H groups in total. The first-order valence-corrected chi connectivity index (χ1v) is 6.60. The van der Waals surface area contributed by atoms with Gasteiger partial charge in [0.05, 0.1) is 0 Å². The molecule has 0 bridgehead atoms. The summed E-state index contributed by atoms with van der Waals surface area (Å²) < 4.78 is 0. The van der Waals surface area contributed by atoms with Crippen LogP contribution in [0, 0.1) is 0 Å². The van der Waals surface area contributed by atoms with Gasteiger partial charge in [0.15, 0.2) is 0 Å². The van der Waals surface area contributed by atoms with Crippen LogP contribution >= 0.6 is 0 Å². The van der Waals surface area contributed by atoms with Gasteiger partial charge in [0.1, 0.15) is 6.04 Å². The number of hydrogen-bond donors (Lipinski definition) is 6. The van der Waals surface area contributed by atoms with Crippen LogP contribution in [-0.4, -0.2) is 54.9 Å². The van der Waals surface area contributed by atoms with Gasteiger partial charge in [0, 0.05) is 37.8 Å². The fourth-order valence-corrected chi connectivity index (χ4v) is 0.987. The van der Waals surface area contributed by atoms with E-state index >= 15 is 0 Å². The topological polar surface area (TPSA) is 139 Å². The molecule has 0 aromatic carbocycles. The summed E-state index contributed by atoms with van der Waals surface area (Å²) in [4.78, 5) is 9.57. The van der Waals surface area contributed by atoms with Crippen molar-refractivity contribution >= 4 is 5.97 Å². The summed E-state index contributed by atoms with van der Waals surface area (Å²) in [7, 11) is 0. The van der Waals surface area contributed by atoms with Crippen molar-refractivity contribution in [3.8, 4) is 0 Å². The van der Waals surface area contributed by atoms with Crippen molar-refractivity contribution in [1.29, 1.82) is 0 Å². The van der Waals surface area contributed by atoms with Crippen LogP contribution in [0.25, 0.3) is 0 Å². The summed E-state index contributed by atoms with van der Waals surface area (Å²) in [6, 6.07) is 0.159. The van der Waals surface area contributed by atoms with Crippen molar-refractivity contribution in [3.05, 3.63) is 0 Å². The number of carboxylic acid groups (broad SMARTS) is 1. The Morgan fingerprint density at radius 3 is 1.70 bits per heavy atom. The average molecular weight is 336 g/mol. The molecule has 1 radical (unpaired) electrons. The molecule has 7 nitrogen and oxygen atoms in total.